The molecule has 2 aromatic carbocycles. The molecule has 2 atom stereocenters. The molecule has 242 valence electrons. The normalized spacial score (nSPS) is 15.6. The zero-order chi connectivity index (χ0) is 21.2. The van der Waals surface area contributed by atoms with Crippen LogP contribution in [0.2, 0.25) is 1.41 Å². The van der Waals surface area contributed by atoms with Crippen LogP contribution in [-0.4, -0.2) is 13.6 Å². The van der Waals surface area contributed by atoms with Crippen LogP contribution >= 0.6 is 0 Å². The lowest BCUT2D eigenvalue weighted by molar-refractivity contribution is 0.0281. The Balaban J connectivity index is -0.00000000407. The minimum Gasteiger partial charge on any atom is -0.482 e. The second-order valence-corrected chi connectivity index (χ2v) is 8.43. The van der Waals surface area contributed by atoms with E-state index in [1.165, 1.54) is 38.7 Å². The Bertz CT molecular complexity index is 892. The molecule has 0 aliphatic rings. The number of benzene rings is 2. The molecule has 0 saturated carbocycles. The maximum absolute atomic E-state index is 7.98. The van der Waals surface area contributed by atoms with Gasteiger partial charge in [-0.2, -0.15) is 0 Å². The van der Waals surface area contributed by atoms with E-state index in [4.69, 9.17) is 6.15 Å². The van der Waals surface area contributed by atoms with Gasteiger partial charge in [0.05, 0.1) is 0 Å². The molecule has 0 radical (unpaired) electrons. The predicted octanol–water partition coefficient (Wildman–Crippen LogP) is 17.8. The highest BCUT2D eigenvalue weighted by Crippen LogP contribution is 2.41. The highest BCUT2D eigenvalue weighted by molar-refractivity contribution is 5.47. The summed E-state index contributed by atoms with van der Waals surface area (Å²) >= 11 is 0. The first kappa shape index (κ1) is 19.9. The fraction of sp³-hybridized carbons (Fsp3) is 0.520. The number of aryl methyl sites for hydroxylation is 2. The van der Waals surface area contributed by atoms with E-state index in [9.17, 15) is 0 Å². The Morgan fingerprint density at radius 2 is 1.67 bits per heavy atom. The molecule has 0 spiro atoms. The van der Waals surface area contributed by atoms with Crippen molar-refractivity contribution in [2.45, 2.75) is 66.9 Å². The Morgan fingerprint density at radius 3 is 2.26 bits per heavy atom. The van der Waals surface area contributed by atoms with Crippen LogP contribution in [0.15, 0.2) is 30.3 Å². The Labute approximate surface area is 237 Å². The summed E-state index contributed by atoms with van der Waals surface area (Å²) in [5.41, 5.74) is 7.08. The van der Waals surface area contributed by atoms with Crippen LogP contribution in [0.5, 0.6) is 5.75 Å². The summed E-state index contributed by atoms with van der Waals surface area (Å²) in [4.78, 5) is 0. The van der Waals surface area contributed by atoms with E-state index < -0.39 is 5.60 Å². The van der Waals surface area contributed by atoms with Gasteiger partial charge in [-0.05, 0) is 87.0 Å². The molecule has 0 saturated heterocycles. The average Bonchev–Trinajstić information content (AvgIpc) is 2.59. The molecule has 0 bridgehead atoms. The molecule has 0 amide bonds. The van der Waals surface area contributed by atoms with Gasteiger partial charge in [0.2, 0.25) is 0 Å². The molecule has 2 nitrogen and oxygen atoms in total. The highest BCUT2D eigenvalue weighted by atomic mass is 16.5. The zero-order valence-electron chi connectivity index (χ0n) is 19.6. The van der Waals surface area contributed by atoms with Crippen molar-refractivity contribution in [1.29, 1.82) is 0 Å². The molecule has 0 aliphatic heterocycles. The van der Waals surface area contributed by atoms with Crippen LogP contribution in [0.25, 0.3) is 0 Å². The summed E-state index contributed by atoms with van der Waals surface area (Å²) in [6, 6.07) is 10.7. The lowest BCUT2D eigenvalue weighted by atomic mass is 9.80. The first-order valence-corrected chi connectivity index (χ1v) is 10.0. The monoisotopic (exact) mass is 463 g/mol. The van der Waals surface area contributed by atoms with E-state index in [1.807, 2.05) is 0 Å². The minimum absolute atomic E-state index is 0. The Kier molecular flexibility index (Phi) is 6.26. The lowest BCUT2D eigenvalue weighted by Crippen LogP contribution is -2.42. The maximum atomic E-state index is 7.98. The van der Waals surface area contributed by atoms with Crippen LogP contribution < -0.4 is 10.0 Å². The summed E-state index contributed by atoms with van der Waals surface area (Å²) in [5, 5.41) is 1.50. The van der Waals surface area contributed by atoms with Gasteiger partial charge in [-0.15, -0.1) is 0 Å². The number of nitrogens with one attached hydrogen (secondary N) is 1. The van der Waals surface area contributed by atoms with Crippen molar-refractivity contribution >= 4 is 0 Å². The summed E-state index contributed by atoms with van der Waals surface area (Å²) in [7, 11) is 1.80. The topological polar surface area (TPSA) is 21.3 Å². The van der Waals surface area contributed by atoms with Gasteiger partial charge < -0.3 is 10.0 Å². The third kappa shape index (κ3) is 4.21. The minimum atomic E-state index is -0.531. The van der Waals surface area contributed by atoms with Crippen molar-refractivity contribution in [2.24, 2.45) is 5.92 Å². The molecule has 1 unspecified atom stereocenters. The second kappa shape index (κ2) is 8.48. The Hall–Kier alpha value is -1.80. The molecule has 0 heterocycles. The fourth-order valence-electron chi connectivity index (χ4n) is 4.01. The number of hydrogen-bond acceptors (Lipinski definition) is 2. The van der Waals surface area contributed by atoms with Gasteiger partial charge in [-0.25, -0.2) is 0 Å². The first-order chi connectivity index (χ1) is 13.0. The largest absolute Gasteiger partial charge is 0.482 e. The molecule has 0 fully saturated rings. The standard InChI is InChI=1S/C25H37NO.47H2/c1-16(2)24-21(7)18(4)13-14-23(24)27-25(8,19(5)15-26-9)22-12-10-11-17(3)20(22)6;;;;;;;;;;;;;;;;;;;;;;;;;;;;;;;;;;;;;;;;;;;;;;;/h10-14,16,19,26H,15H2,1-9H3;47*1H/t19?,25-;;;;;;;;;;;;;;;;;;;;;;;;;;;;;;;;;;;;;;;;;;;;;;;/m1.............................................../s1/i/hD. The molecular weight excluding hydrogens is 330 g/mol. The van der Waals surface area contributed by atoms with Crippen molar-refractivity contribution in [2.75, 3.05) is 13.6 Å². The molecule has 2 aromatic rings. The van der Waals surface area contributed by atoms with Gasteiger partial charge >= 0.3 is 0 Å². The predicted molar refractivity (Wildman–Crippen MR) is 216 cm³/mol. The quantitative estimate of drug-likeness (QED) is 0.441. The van der Waals surface area contributed by atoms with E-state index in [1.54, 1.807) is 7.05 Å². The lowest BCUT2D eigenvalue weighted by Gasteiger charge is -2.39. The molecule has 2 rings (SSSR count). The molecule has 1 N–H and O–H groups in total. The van der Waals surface area contributed by atoms with Crippen LogP contribution in [-0.2, 0) is 5.60 Å². The highest BCUT2D eigenvalue weighted by Gasteiger charge is 2.37. The van der Waals surface area contributed by atoms with Gasteiger partial charge in [0.25, 0.3) is 0 Å². The van der Waals surface area contributed by atoms with Crippen LogP contribution in [0.3, 0.4) is 0 Å². The summed E-state index contributed by atoms with van der Waals surface area (Å²) in [5.74, 6) is 1.48. The van der Waals surface area contributed by atoms with Crippen LogP contribution in [0.4, 0.5) is 0 Å². The van der Waals surface area contributed by atoms with Crippen molar-refractivity contribution < 1.29 is 73.2 Å². The van der Waals surface area contributed by atoms with Crippen molar-refractivity contribution in [3.63, 3.8) is 0 Å². The van der Waals surface area contributed by atoms with Crippen molar-refractivity contribution in [3.8, 4) is 5.75 Å². The second-order valence-electron chi connectivity index (χ2n) is 8.43. The number of ether oxygens (including phenoxy) is 1. The smallest absolute Gasteiger partial charge is 0.135 e. The van der Waals surface area contributed by atoms with Crippen LogP contribution in [0, 0.1) is 33.6 Å². The molecule has 0 aliphatic carbocycles. The number of rotatable bonds is 7. The average molecular weight is 463 g/mol. The third-order valence-electron chi connectivity index (χ3n) is 6.18. The van der Waals surface area contributed by atoms with Gasteiger partial charge in [-0.3, -0.25) is 0 Å². The van der Waals surface area contributed by atoms with Crippen molar-refractivity contribution in [1.82, 2.24) is 5.31 Å². The van der Waals surface area contributed by atoms with Gasteiger partial charge in [0, 0.05) is 79.5 Å². The summed E-state index contributed by atoms with van der Waals surface area (Å²) < 4.78 is 14.9. The first-order valence-electron chi connectivity index (χ1n) is 10.5. The molecule has 2 heteroatoms. The van der Waals surface area contributed by atoms with E-state index in [0.29, 0.717) is 12.5 Å². The van der Waals surface area contributed by atoms with E-state index >= 15 is 0 Å². The van der Waals surface area contributed by atoms with E-state index in [0.717, 1.165) is 5.75 Å². The van der Waals surface area contributed by atoms with Gasteiger partial charge in [-0.1, -0.05) is 45.0 Å². The van der Waals surface area contributed by atoms with E-state index in [-0.39, 0.29) is 73.0 Å². The Morgan fingerprint density at radius 1 is 1.04 bits per heavy atom. The summed E-state index contributed by atoms with van der Waals surface area (Å²) in [6.45, 7) is 18.1. The maximum Gasteiger partial charge on any atom is 0.135 e. The van der Waals surface area contributed by atoms with E-state index in [2.05, 4.69) is 85.7 Å². The number of hydrogen-bond donors (Lipinski definition) is 1. The fourth-order valence-corrected chi connectivity index (χ4v) is 4.01. The molecular formula is C25H131NO. The van der Waals surface area contributed by atoms with Crippen molar-refractivity contribution in [3.05, 3.63) is 63.7 Å². The van der Waals surface area contributed by atoms with Gasteiger partial charge in [0.1, 0.15) is 12.8 Å². The summed E-state index contributed by atoms with van der Waals surface area (Å²) in [6.07, 6.45) is 0. The van der Waals surface area contributed by atoms with Crippen LogP contribution in [0.1, 0.15) is 134 Å². The molecule has 27 heavy (non-hydrogen) atoms. The zero-order valence-corrected chi connectivity index (χ0v) is 18.6. The van der Waals surface area contributed by atoms with Gasteiger partial charge in [0.15, 0.2) is 0 Å². The molecule has 0 aromatic heterocycles. The SMILES string of the molecule is [2H]N(C)CC(C)[C@@](C)(Oc1ccc(C)c(C)c1C(C)C)c1cccc(C)c1C.[HH].[HH].[HH].[HH].[HH].[HH].[HH].[HH].[HH].[HH].[HH].[HH].[HH].[HH].[HH].[HH].[HH].[HH].[HH].[HH].[HH].[HH].[HH].[HH].[HH].[HH].[HH].[HH].[HH].[HH].[HH].[HH].[HH].[HH].[HH].[HH].[HH].[HH].[HH].[HH].[HH].[HH].[HH].[HH].[HH].[HH].[HH]. The third-order valence-corrected chi connectivity index (χ3v) is 6.18.